The minimum Gasteiger partial charge on any atom is -0.482 e. The molecule has 0 saturated heterocycles. The number of ether oxygens (including phenoxy) is 1. The molecule has 2 aromatic rings. The molecule has 29 heavy (non-hydrogen) atoms. The Labute approximate surface area is 168 Å². The molecule has 1 saturated carbocycles. The van der Waals surface area contributed by atoms with Crippen LogP contribution in [0.15, 0.2) is 42.5 Å². The van der Waals surface area contributed by atoms with E-state index in [9.17, 15) is 14.3 Å². The number of aryl methyl sites for hydroxylation is 1. The quantitative estimate of drug-likeness (QED) is 0.717. The van der Waals surface area contributed by atoms with E-state index in [1.165, 1.54) is 12.1 Å². The number of hydrogen-bond donors (Lipinski definition) is 3. The van der Waals surface area contributed by atoms with Crippen molar-refractivity contribution in [2.45, 2.75) is 50.2 Å². The van der Waals surface area contributed by atoms with Gasteiger partial charge in [-0.25, -0.2) is 9.18 Å². The third-order valence-electron chi connectivity index (χ3n) is 6.11. The fraction of sp³-hybridized carbons (Fsp3) is 0.348. The number of rotatable bonds is 2. The summed E-state index contributed by atoms with van der Waals surface area (Å²) in [5.41, 5.74) is 3.52. The SMILES string of the molecule is O=C(NC1=CC2(CCC2)Oc2ccc(F)cc21)Nc1cccc2c1C[C@H](O)CC2. The van der Waals surface area contributed by atoms with Crippen molar-refractivity contribution in [3.63, 3.8) is 0 Å². The van der Waals surface area contributed by atoms with Crippen molar-refractivity contribution in [2.75, 3.05) is 5.32 Å². The smallest absolute Gasteiger partial charge is 0.323 e. The first kappa shape index (κ1) is 18.2. The summed E-state index contributed by atoms with van der Waals surface area (Å²) >= 11 is 0. The van der Waals surface area contributed by atoms with Gasteiger partial charge in [0.25, 0.3) is 0 Å². The van der Waals surface area contributed by atoms with Crippen molar-refractivity contribution in [1.82, 2.24) is 5.32 Å². The average Bonchev–Trinajstić information content (AvgIpc) is 2.67. The molecule has 2 aliphatic carbocycles. The van der Waals surface area contributed by atoms with Crippen molar-refractivity contribution in [3.05, 3.63) is 65.0 Å². The Balaban J connectivity index is 1.40. The highest BCUT2D eigenvalue weighted by molar-refractivity contribution is 5.97. The molecule has 0 radical (unpaired) electrons. The minimum absolute atomic E-state index is 0.379. The molecule has 150 valence electrons. The second kappa shape index (κ2) is 6.88. The molecular formula is C23H23FN2O3. The number of carbonyl (C=O) groups is 1. The summed E-state index contributed by atoms with van der Waals surface area (Å²) in [5.74, 6) is 0.209. The molecule has 5 nitrogen and oxygen atoms in total. The van der Waals surface area contributed by atoms with Gasteiger partial charge in [-0.05, 0) is 73.6 Å². The van der Waals surface area contributed by atoms with Gasteiger partial charge in [-0.2, -0.15) is 0 Å². The maximum atomic E-state index is 13.8. The third kappa shape index (κ3) is 3.38. The number of amides is 2. The van der Waals surface area contributed by atoms with E-state index < -0.39 is 11.6 Å². The zero-order valence-electron chi connectivity index (χ0n) is 16.0. The van der Waals surface area contributed by atoms with E-state index in [0.717, 1.165) is 43.2 Å². The van der Waals surface area contributed by atoms with E-state index >= 15 is 0 Å². The normalized spacial score (nSPS) is 21.2. The first-order valence-electron chi connectivity index (χ1n) is 10.1. The summed E-state index contributed by atoms with van der Waals surface area (Å²) in [6.45, 7) is 0. The van der Waals surface area contributed by atoms with Gasteiger partial charge >= 0.3 is 6.03 Å². The lowest BCUT2D eigenvalue weighted by Crippen LogP contribution is -2.44. The first-order valence-corrected chi connectivity index (χ1v) is 10.1. The first-order chi connectivity index (χ1) is 14.0. The van der Waals surface area contributed by atoms with Gasteiger partial charge in [0.15, 0.2) is 0 Å². The third-order valence-corrected chi connectivity index (χ3v) is 6.11. The Kier molecular flexibility index (Phi) is 4.32. The van der Waals surface area contributed by atoms with Gasteiger partial charge in [-0.15, -0.1) is 0 Å². The largest absolute Gasteiger partial charge is 0.482 e. The number of hydrogen-bond acceptors (Lipinski definition) is 3. The van der Waals surface area contributed by atoms with E-state index in [-0.39, 0.29) is 11.9 Å². The van der Waals surface area contributed by atoms with Crippen LogP contribution in [0.2, 0.25) is 0 Å². The second-order valence-electron chi connectivity index (χ2n) is 8.14. The number of nitrogens with one attached hydrogen (secondary N) is 2. The molecule has 0 aromatic heterocycles. The van der Waals surface area contributed by atoms with Crippen LogP contribution in [0.25, 0.3) is 5.70 Å². The highest BCUT2D eigenvalue weighted by Crippen LogP contribution is 2.45. The van der Waals surface area contributed by atoms with Crippen LogP contribution in [0.3, 0.4) is 0 Å². The number of urea groups is 1. The Bertz CT molecular complexity index is 1010. The molecular weight excluding hydrogens is 371 g/mol. The monoisotopic (exact) mass is 394 g/mol. The second-order valence-corrected chi connectivity index (χ2v) is 8.14. The fourth-order valence-electron chi connectivity index (χ4n) is 4.43. The van der Waals surface area contributed by atoms with Gasteiger partial charge in [-0.1, -0.05) is 12.1 Å². The molecule has 6 heteroatoms. The Morgan fingerprint density at radius 1 is 1.21 bits per heavy atom. The summed E-state index contributed by atoms with van der Waals surface area (Å²) in [6, 6.07) is 9.76. The van der Waals surface area contributed by atoms with E-state index in [2.05, 4.69) is 10.6 Å². The van der Waals surface area contributed by atoms with Crippen LogP contribution in [-0.4, -0.2) is 22.8 Å². The Morgan fingerprint density at radius 2 is 2.07 bits per heavy atom. The van der Waals surface area contributed by atoms with Crippen molar-refractivity contribution >= 4 is 17.4 Å². The molecule has 1 atom stereocenters. The molecule has 5 rings (SSSR count). The van der Waals surface area contributed by atoms with Gasteiger partial charge in [-0.3, -0.25) is 0 Å². The molecule has 1 heterocycles. The summed E-state index contributed by atoms with van der Waals surface area (Å²) in [6.07, 6.45) is 6.39. The van der Waals surface area contributed by atoms with Crippen molar-refractivity contribution in [1.29, 1.82) is 0 Å². The number of carbonyl (C=O) groups excluding carboxylic acids is 1. The lowest BCUT2D eigenvalue weighted by atomic mass is 9.77. The fourth-order valence-corrected chi connectivity index (χ4v) is 4.43. The molecule has 2 aromatic carbocycles. The number of aliphatic hydroxyl groups is 1. The van der Waals surface area contributed by atoms with E-state index in [4.69, 9.17) is 4.74 Å². The summed E-state index contributed by atoms with van der Waals surface area (Å²) in [5, 5.41) is 15.8. The number of fused-ring (bicyclic) bond motifs is 2. The van der Waals surface area contributed by atoms with E-state index in [0.29, 0.717) is 29.1 Å². The Hall–Kier alpha value is -2.86. The molecule has 3 N–H and O–H groups in total. The van der Waals surface area contributed by atoms with Crippen molar-refractivity contribution in [3.8, 4) is 5.75 Å². The zero-order valence-corrected chi connectivity index (χ0v) is 16.0. The maximum Gasteiger partial charge on any atom is 0.323 e. The summed E-state index contributed by atoms with van der Waals surface area (Å²) in [4.78, 5) is 12.8. The van der Waals surface area contributed by atoms with Gasteiger partial charge in [0.1, 0.15) is 17.2 Å². The predicted molar refractivity (Wildman–Crippen MR) is 108 cm³/mol. The van der Waals surface area contributed by atoms with Gasteiger partial charge in [0.2, 0.25) is 0 Å². The van der Waals surface area contributed by atoms with Crippen molar-refractivity contribution in [2.24, 2.45) is 0 Å². The molecule has 1 fully saturated rings. The van der Waals surface area contributed by atoms with E-state index in [1.807, 2.05) is 24.3 Å². The van der Waals surface area contributed by atoms with Crippen LogP contribution in [0.5, 0.6) is 5.75 Å². The van der Waals surface area contributed by atoms with Crippen LogP contribution in [0.4, 0.5) is 14.9 Å². The summed E-state index contributed by atoms with van der Waals surface area (Å²) in [7, 11) is 0. The maximum absolute atomic E-state index is 13.8. The van der Waals surface area contributed by atoms with Crippen LogP contribution in [0, 0.1) is 5.82 Å². The molecule has 0 unspecified atom stereocenters. The lowest BCUT2D eigenvalue weighted by Gasteiger charge is -2.43. The molecule has 1 spiro atoms. The van der Waals surface area contributed by atoms with Crippen LogP contribution < -0.4 is 15.4 Å². The highest BCUT2D eigenvalue weighted by Gasteiger charge is 2.41. The number of aliphatic hydroxyl groups excluding tert-OH is 1. The Morgan fingerprint density at radius 3 is 2.86 bits per heavy atom. The number of benzene rings is 2. The molecule has 1 aliphatic heterocycles. The average molecular weight is 394 g/mol. The van der Waals surface area contributed by atoms with Crippen LogP contribution >= 0.6 is 0 Å². The zero-order chi connectivity index (χ0) is 20.0. The van der Waals surface area contributed by atoms with Crippen LogP contribution in [0.1, 0.15) is 42.4 Å². The van der Waals surface area contributed by atoms with Gasteiger partial charge in [0, 0.05) is 17.7 Å². The standard InChI is InChI=1S/C23H23FN2O3/c24-15-6-8-21-18(11-15)20(13-23(29-21)9-2-10-23)26-22(28)25-19-4-1-3-14-5-7-16(27)12-17(14)19/h1,3-4,6,8,11,13,16,27H,2,5,7,9-10,12H2,(H2,25,26,28)/t16-/m1/s1. The highest BCUT2D eigenvalue weighted by atomic mass is 19.1. The number of anilines is 1. The topological polar surface area (TPSA) is 70.6 Å². The van der Waals surface area contributed by atoms with Crippen LogP contribution in [-0.2, 0) is 12.8 Å². The molecule has 3 aliphatic rings. The van der Waals surface area contributed by atoms with Gasteiger partial charge < -0.3 is 20.5 Å². The predicted octanol–water partition coefficient (Wildman–Crippen LogP) is 4.15. The summed E-state index contributed by atoms with van der Waals surface area (Å²) < 4.78 is 19.9. The number of halogens is 1. The molecule has 0 bridgehead atoms. The van der Waals surface area contributed by atoms with E-state index in [1.54, 1.807) is 6.07 Å². The molecule has 2 amide bonds. The van der Waals surface area contributed by atoms with Crippen molar-refractivity contribution < 1.29 is 19.0 Å². The lowest BCUT2D eigenvalue weighted by molar-refractivity contribution is 0.0371. The van der Waals surface area contributed by atoms with Gasteiger partial charge in [0.05, 0.1) is 11.8 Å². The minimum atomic E-state index is -0.413.